The van der Waals surface area contributed by atoms with Crippen LogP contribution >= 0.6 is 0 Å². The molecule has 1 rings (SSSR count). The van der Waals surface area contributed by atoms with Crippen molar-refractivity contribution in [1.82, 2.24) is 10.6 Å². The van der Waals surface area contributed by atoms with Crippen LogP contribution in [0.2, 0.25) is 0 Å². The number of nitrogens with one attached hydrogen (secondary N) is 2. The topological polar surface area (TPSA) is 67.4 Å². The van der Waals surface area contributed by atoms with E-state index in [1.165, 1.54) is 5.57 Å². The van der Waals surface area contributed by atoms with Gasteiger partial charge >= 0.3 is 12.0 Å². The number of carbonyl (C=O) groups is 2. The number of ether oxygens (including phenoxy) is 1. The van der Waals surface area contributed by atoms with Crippen LogP contribution in [0.15, 0.2) is 11.6 Å². The first-order valence-corrected chi connectivity index (χ1v) is 8.74. The highest BCUT2D eigenvalue weighted by Gasteiger charge is 2.32. The number of amides is 2. The molecule has 0 saturated carbocycles. The van der Waals surface area contributed by atoms with Crippen LogP contribution in [0.3, 0.4) is 0 Å². The molecule has 0 aromatic rings. The van der Waals surface area contributed by atoms with Crippen molar-refractivity contribution in [2.24, 2.45) is 23.7 Å². The first kappa shape index (κ1) is 19.5. The van der Waals surface area contributed by atoms with Crippen LogP contribution in [0.1, 0.15) is 47.5 Å². The first-order valence-electron chi connectivity index (χ1n) is 8.74. The number of esters is 1. The van der Waals surface area contributed by atoms with Crippen LogP contribution in [0.4, 0.5) is 4.79 Å². The zero-order valence-corrected chi connectivity index (χ0v) is 15.1. The Hall–Kier alpha value is -1.52. The molecule has 5 nitrogen and oxygen atoms in total. The smallest absolute Gasteiger partial charge is 0.314 e. The summed E-state index contributed by atoms with van der Waals surface area (Å²) in [7, 11) is 0. The Bertz CT molecular complexity index is 432. The van der Waals surface area contributed by atoms with Gasteiger partial charge in [-0.25, -0.2) is 4.79 Å². The second-order valence-corrected chi connectivity index (χ2v) is 6.66. The zero-order valence-electron chi connectivity index (χ0n) is 15.1. The standard InChI is InChI=1S/C18H32N2O3/c1-6-19-18(22)20-11-15-8-13(5)14(9-16(15)12(3)4)10-17(21)23-7-2/h8,12,14-16H,6-7,9-11H2,1-5H3,(H2,19,20,22)/t14-,15-,16-/m0/s1. The van der Waals surface area contributed by atoms with Gasteiger partial charge in [0.1, 0.15) is 0 Å². The van der Waals surface area contributed by atoms with Crippen molar-refractivity contribution in [3.05, 3.63) is 11.6 Å². The number of urea groups is 1. The molecule has 0 bridgehead atoms. The highest BCUT2D eigenvalue weighted by molar-refractivity contribution is 5.73. The fourth-order valence-corrected chi connectivity index (χ4v) is 3.36. The Kier molecular flexibility index (Phi) is 8.13. The maximum atomic E-state index is 11.8. The molecule has 1 aliphatic carbocycles. The predicted molar refractivity (Wildman–Crippen MR) is 92.0 cm³/mol. The van der Waals surface area contributed by atoms with Crippen molar-refractivity contribution in [1.29, 1.82) is 0 Å². The molecule has 0 aliphatic heterocycles. The minimum absolute atomic E-state index is 0.116. The number of carbonyl (C=O) groups excluding carboxylic acids is 2. The fourth-order valence-electron chi connectivity index (χ4n) is 3.36. The summed E-state index contributed by atoms with van der Waals surface area (Å²) in [5.41, 5.74) is 1.23. The first-order chi connectivity index (χ1) is 10.9. The molecule has 132 valence electrons. The van der Waals surface area contributed by atoms with Crippen LogP contribution < -0.4 is 10.6 Å². The molecular formula is C18H32N2O3. The molecule has 1 aliphatic rings. The van der Waals surface area contributed by atoms with Gasteiger partial charge in [-0.1, -0.05) is 25.5 Å². The molecular weight excluding hydrogens is 292 g/mol. The van der Waals surface area contributed by atoms with Crippen molar-refractivity contribution in [3.8, 4) is 0 Å². The SMILES string of the molecule is CCNC(=O)NC[C@@H]1C=C(C)[C@H](CC(=O)OCC)C[C@H]1C(C)C. The Morgan fingerprint density at radius 3 is 2.57 bits per heavy atom. The van der Waals surface area contributed by atoms with Crippen molar-refractivity contribution in [2.75, 3.05) is 19.7 Å². The molecule has 0 spiro atoms. The molecule has 3 atom stereocenters. The van der Waals surface area contributed by atoms with E-state index in [9.17, 15) is 9.59 Å². The Labute approximate surface area is 140 Å². The molecule has 5 heteroatoms. The summed E-state index contributed by atoms with van der Waals surface area (Å²) < 4.78 is 5.09. The van der Waals surface area contributed by atoms with Crippen LogP contribution in [0.5, 0.6) is 0 Å². The molecule has 0 heterocycles. The molecule has 0 radical (unpaired) electrons. The molecule has 2 N–H and O–H groups in total. The van der Waals surface area contributed by atoms with Crippen molar-refractivity contribution >= 4 is 12.0 Å². The van der Waals surface area contributed by atoms with Crippen molar-refractivity contribution in [2.45, 2.75) is 47.5 Å². The minimum atomic E-state index is -0.119. The van der Waals surface area contributed by atoms with Gasteiger partial charge in [0.15, 0.2) is 0 Å². The molecule has 0 saturated heterocycles. The van der Waals surface area contributed by atoms with Gasteiger partial charge in [-0.15, -0.1) is 0 Å². The van der Waals surface area contributed by atoms with Crippen molar-refractivity contribution < 1.29 is 14.3 Å². The summed E-state index contributed by atoms with van der Waals surface area (Å²) in [5.74, 6) is 1.41. The number of hydrogen-bond donors (Lipinski definition) is 2. The van der Waals surface area contributed by atoms with Gasteiger partial charge in [-0.3, -0.25) is 4.79 Å². The van der Waals surface area contributed by atoms with Crippen molar-refractivity contribution in [3.63, 3.8) is 0 Å². The largest absolute Gasteiger partial charge is 0.466 e. The second kappa shape index (κ2) is 9.58. The normalized spacial score (nSPS) is 24.1. The molecule has 0 fully saturated rings. The van der Waals surface area contributed by atoms with E-state index in [2.05, 4.69) is 37.5 Å². The highest BCUT2D eigenvalue weighted by atomic mass is 16.5. The number of allylic oxidation sites excluding steroid dienone is 1. The van der Waals surface area contributed by atoms with Gasteiger partial charge < -0.3 is 15.4 Å². The fraction of sp³-hybridized carbons (Fsp3) is 0.778. The lowest BCUT2D eigenvalue weighted by atomic mass is 9.70. The lowest BCUT2D eigenvalue weighted by Gasteiger charge is -2.37. The van der Waals surface area contributed by atoms with Gasteiger partial charge in [-0.2, -0.15) is 0 Å². The predicted octanol–water partition coefficient (Wildman–Crippen LogP) is 3.11. The van der Waals surface area contributed by atoms with Crippen LogP contribution in [-0.2, 0) is 9.53 Å². The molecule has 23 heavy (non-hydrogen) atoms. The summed E-state index contributed by atoms with van der Waals surface area (Å²) in [6.07, 6.45) is 3.67. The molecule has 0 aromatic heterocycles. The maximum absolute atomic E-state index is 11.8. The van der Waals surface area contributed by atoms with Crippen LogP contribution in [0, 0.1) is 23.7 Å². The van der Waals surface area contributed by atoms with E-state index in [0.29, 0.717) is 43.9 Å². The lowest BCUT2D eigenvalue weighted by molar-refractivity contribution is -0.144. The monoisotopic (exact) mass is 324 g/mol. The van der Waals surface area contributed by atoms with Gasteiger partial charge in [0.25, 0.3) is 0 Å². The highest BCUT2D eigenvalue weighted by Crippen LogP contribution is 2.38. The van der Waals surface area contributed by atoms with E-state index in [1.807, 2.05) is 13.8 Å². The van der Waals surface area contributed by atoms with Gasteiger partial charge in [0, 0.05) is 13.1 Å². The van der Waals surface area contributed by atoms with Gasteiger partial charge in [0.2, 0.25) is 0 Å². The zero-order chi connectivity index (χ0) is 17.4. The van der Waals surface area contributed by atoms with Crippen LogP contribution in [0.25, 0.3) is 0 Å². The van der Waals surface area contributed by atoms with E-state index in [-0.39, 0.29) is 17.9 Å². The summed E-state index contributed by atoms with van der Waals surface area (Å²) >= 11 is 0. The number of rotatable bonds is 7. The Morgan fingerprint density at radius 1 is 1.30 bits per heavy atom. The third-order valence-corrected chi connectivity index (χ3v) is 4.64. The lowest BCUT2D eigenvalue weighted by Crippen LogP contribution is -2.41. The van der Waals surface area contributed by atoms with E-state index < -0.39 is 0 Å². The van der Waals surface area contributed by atoms with E-state index in [4.69, 9.17) is 4.74 Å². The van der Waals surface area contributed by atoms with E-state index in [1.54, 1.807) is 0 Å². The Morgan fingerprint density at radius 2 is 2.00 bits per heavy atom. The molecule has 0 aromatic carbocycles. The second-order valence-electron chi connectivity index (χ2n) is 6.66. The third kappa shape index (κ3) is 6.24. The third-order valence-electron chi connectivity index (χ3n) is 4.64. The average molecular weight is 324 g/mol. The summed E-state index contributed by atoms with van der Waals surface area (Å²) in [4.78, 5) is 23.4. The van der Waals surface area contributed by atoms with E-state index in [0.717, 1.165) is 6.42 Å². The number of hydrogen-bond acceptors (Lipinski definition) is 3. The summed E-state index contributed by atoms with van der Waals surface area (Å²) in [5, 5.41) is 5.71. The van der Waals surface area contributed by atoms with E-state index >= 15 is 0 Å². The van der Waals surface area contributed by atoms with Crippen LogP contribution in [-0.4, -0.2) is 31.7 Å². The minimum Gasteiger partial charge on any atom is -0.466 e. The summed E-state index contributed by atoms with van der Waals surface area (Å²) in [6, 6.07) is -0.116. The van der Waals surface area contributed by atoms with Gasteiger partial charge in [0.05, 0.1) is 13.0 Å². The summed E-state index contributed by atoms with van der Waals surface area (Å²) in [6.45, 7) is 11.9. The maximum Gasteiger partial charge on any atom is 0.314 e. The molecule has 0 unspecified atom stereocenters. The Balaban J connectivity index is 2.72. The molecule has 2 amide bonds. The average Bonchev–Trinajstić information content (AvgIpc) is 2.47. The quantitative estimate of drug-likeness (QED) is 0.558. The van der Waals surface area contributed by atoms with Gasteiger partial charge in [-0.05, 0) is 50.9 Å².